The monoisotopic (exact) mass is 212 g/mol. The highest BCUT2D eigenvalue weighted by molar-refractivity contribution is 5.89. The van der Waals surface area contributed by atoms with Gasteiger partial charge in [0.1, 0.15) is 5.56 Å². The fraction of sp³-hybridized carbons (Fsp3) is 0.600. The van der Waals surface area contributed by atoms with Crippen molar-refractivity contribution in [3.63, 3.8) is 0 Å². The van der Waals surface area contributed by atoms with Gasteiger partial charge in [-0.25, -0.2) is 4.79 Å². The average Bonchev–Trinajstić information content (AvgIpc) is 2.59. The zero-order valence-electron chi connectivity index (χ0n) is 9.06. The highest BCUT2D eigenvalue weighted by Gasteiger charge is 2.16. The smallest absolute Gasteiger partial charge is 0.342 e. The van der Waals surface area contributed by atoms with Crippen molar-refractivity contribution in [1.82, 2.24) is 9.78 Å². The first kappa shape index (κ1) is 11.6. The molecule has 0 fully saturated rings. The van der Waals surface area contributed by atoms with Crippen molar-refractivity contribution in [3.05, 3.63) is 11.8 Å². The molecule has 1 N–H and O–H groups in total. The quantitative estimate of drug-likeness (QED) is 0.780. The molecule has 5 heteroatoms. The summed E-state index contributed by atoms with van der Waals surface area (Å²) >= 11 is 0. The number of ether oxygens (including phenoxy) is 1. The van der Waals surface area contributed by atoms with E-state index >= 15 is 0 Å². The van der Waals surface area contributed by atoms with E-state index in [1.807, 2.05) is 13.8 Å². The van der Waals surface area contributed by atoms with E-state index in [1.54, 1.807) is 4.68 Å². The van der Waals surface area contributed by atoms with Gasteiger partial charge in [-0.05, 0) is 12.8 Å². The fourth-order valence-corrected chi connectivity index (χ4v) is 1.20. The Balaban J connectivity index is 2.85. The predicted octanol–water partition coefficient (Wildman–Crippen LogP) is 1.78. The molecule has 0 amide bonds. The van der Waals surface area contributed by atoms with E-state index in [1.165, 1.54) is 6.20 Å². The first-order chi connectivity index (χ1) is 7.19. The van der Waals surface area contributed by atoms with E-state index in [0.29, 0.717) is 13.2 Å². The van der Waals surface area contributed by atoms with Crippen molar-refractivity contribution < 1.29 is 14.6 Å². The molecule has 0 aliphatic rings. The number of aromatic nitrogens is 2. The number of carbonyl (C=O) groups is 1. The third kappa shape index (κ3) is 2.97. The third-order valence-electron chi connectivity index (χ3n) is 1.85. The summed E-state index contributed by atoms with van der Waals surface area (Å²) in [4.78, 5) is 10.9. The van der Waals surface area contributed by atoms with E-state index < -0.39 is 5.97 Å². The summed E-state index contributed by atoms with van der Waals surface area (Å²) in [5, 5.41) is 13.0. The van der Waals surface area contributed by atoms with Crippen LogP contribution in [0.2, 0.25) is 0 Å². The van der Waals surface area contributed by atoms with Gasteiger partial charge in [-0.3, -0.25) is 4.68 Å². The Kier molecular flexibility index (Phi) is 4.15. The Hall–Kier alpha value is -1.52. The second-order valence-electron chi connectivity index (χ2n) is 3.26. The highest BCUT2D eigenvalue weighted by atomic mass is 16.5. The summed E-state index contributed by atoms with van der Waals surface area (Å²) in [6, 6.07) is 0. The Morgan fingerprint density at radius 2 is 2.27 bits per heavy atom. The van der Waals surface area contributed by atoms with Crippen LogP contribution in [-0.4, -0.2) is 27.5 Å². The molecule has 0 saturated heterocycles. The van der Waals surface area contributed by atoms with Crippen LogP contribution in [0.15, 0.2) is 6.20 Å². The lowest BCUT2D eigenvalue weighted by Crippen LogP contribution is -2.02. The lowest BCUT2D eigenvalue weighted by atomic mass is 10.3. The largest absolute Gasteiger partial charge is 0.477 e. The summed E-state index contributed by atoms with van der Waals surface area (Å²) in [6.45, 7) is 5.16. The summed E-state index contributed by atoms with van der Waals surface area (Å²) in [5.74, 6) is -0.777. The number of rotatable bonds is 6. The molecule has 0 atom stereocenters. The van der Waals surface area contributed by atoms with E-state index in [9.17, 15) is 4.79 Å². The van der Waals surface area contributed by atoms with Crippen LogP contribution in [0.3, 0.4) is 0 Å². The van der Waals surface area contributed by atoms with Crippen molar-refractivity contribution in [2.45, 2.75) is 33.2 Å². The van der Waals surface area contributed by atoms with Gasteiger partial charge in [0.15, 0.2) is 0 Å². The molecule has 0 aromatic carbocycles. The number of nitrogens with zero attached hydrogens (tertiary/aromatic N) is 2. The molecule has 0 aliphatic carbocycles. The minimum Gasteiger partial charge on any atom is -0.477 e. The van der Waals surface area contributed by atoms with E-state index in [-0.39, 0.29) is 11.4 Å². The van der Waals surface area contributed by atoms with Gasteiger partial charge in [0.2, 0.25) is 5.88 Å². The molecule has 0 unspecified atom stereocenters. The standard InChI is InChI=1S/C10H16N2O3/c1-3-5-12-7-8(10(13)14)9(11-12)15-6-4-2/h7H,3-6H2,1-2H3,(H,13,14). The van der Waals surface area contributed by atoms with Gasteiger partial charge < -0.3 is 9.84 Å². The molecule has 15 heavy (non-hydrogen) atoms. The number of hydrogen-bond acceptors (Lipinski definition) is 3. The van der Waals surface area contributed by atoms with Gasteiger partial charge in [0.05, 0.1) is 6.61 Å². The molecule has 1 heterocycles. The van der Waals surface area contributed by atoms with Gasteiger partial charge in [-0.2, -0.15) is 0 Å². The van der Waals surface area contributed by atoms with Gasteiger partial charge >= 0.3 is 5.97 Å². The van der Waals surface area contributed by atoms with Gasteiger partial charge in [-0.1, -0.05) is 13.8 Å². The van der Waals surface area contributed by atoms with Crippen molar-refractivity contribution in [2.75, 3.05) is 6.61 Å². The first-order valence-corrected chi connectivity index (χ1v) is 5.12. The van der Waals surface area contributed by atoms with E-state index in [4.69, 9.17) is 9.84 Å². The van der Waals surface area contributed by atoms with Crippen molar-refractivity contribution in [3.8, 4) is 5.88 Å². The van der Waals surface area contributed by atoms with Crippen LogP contribution in [-0.2, 0) is 6.54 Å². The second kappa shape index (κ2) is 5.38. The summed E-state index contributed by atoms with van der Waals surface area (Å²) in [6.07, 6.45) is 3.25. The first-order valence-electron chi connectivity index (χ1n) is 5.12. The molecular weight excluding hydrogens is 196 g/mol. The molecule has 0 radical (unpaired) electrons. The Morgan fingerprint density at radius 3 is 2.80 bits per heavy atom. The summed E-state index contributed by atoms with van der Waals surface area (Å²) in [5.41, 5.74) is 0.136. The zero-order chi connectivity index (χ0) is 11.3. The zero-order valence-corrected chi connectivity index (χ0v) is 9.06. The van der Waals surface area contributed by atoms with Crippen LogP contribution in [0.25, 0.3) is 0 Å². The van der Waals surface area contributed by atoms with Crippen LogP contribution in [0, 0.1) is 0 Å². The topological polar surface area (TPSA) is 64.4 Å². The predicted molar refractivity (Wildman–Crippen MR) is 55.3 cm³/mol. The molecule has 5 nitrogen and oxygen atoms in total. The van der Waals surface area contributed by atoms with Crippen LogP contribution < -0.4 is 4.74 Å². The maximum Gasteiger partial charge on any atom is 0.342 e. The maximum atomic E-state index is 10.9. The Labute approximate surface area is 88.7 Å². The molecule has 84 valence electrons. The molecule has 1 aromatic heterocycles. The SMILES string of the molecule is CCCOc1nn(CCC)cc1C(=O)O. The molecular formula is C10H16N2O3. The minimum absolute atomic E-state index is 0.136. The fourth-order valence-electron chi connectivity index (χ4n) is 1.20. The van der Waals surface area contributed by atoms with Crippen LogP contribution in [0.1, 0.15) is 37.0 Å². The van der Waals surface area contributed by atoms with Crippen LogP contribution >= 0.6 is 0 Å². The molecule has 0 saturated carbocycles. The molecule has 0 aliphatic heterocycles. The summed E-state index contributed by atoms with van der Waals surface area (Å²) < 4.78 is 6.87. The Morgan fingerprint density at radius 1 is 1.53 bits per heavy atom. The number of hydrogen-bond donors (Lipinski definition) is 1. The maximum absolute atomic E-state index is 10.9. The van der Waals surface area contributed by atoms with Crippen molar-refractivity contribution in [1.29, 1.82) is 0 Å². The number of carboxylic acids is 1. The number of aromatic carboxylic acids is 1. The molecule has 1 rings (SSSR count). The minimum atomic E-state index is -0.997. The molecule has 1 aromatic rings. The highest BCUT2D eigenvalue weighted by Crippen LogP contribution is 2.16. The van der Waals surface area contributed by atoms with Gasteiger partial charge in [0, 0.05) is 12.7 Å². The molecule has 0 spiro atoms. The Bertz CT molecular complexity index is 333. The van der Waals surface area contributed by atoms with Crippen LogP contribution in [0.4, 0.5) is 0 Å². The average molecular weight is 212 g/mol. The second-order valence-corrected chi connectivity index (χ2v) is 3.26. The third-order valence-corrected chi connectivity index (χ3v) is 1.85. The lowest BCUT2D eigenvalue weighted by molar-refractivity contribution is 0.0692. The summed E-state index contributed by atoms with van der Waals surface area (Å²) in [7, 11) is 0. The number of aryl methyl sites for hydroxylation is 1. The molecule has 0 bridgehead atoms. The van der Waals surface area contributed by atoms with Crippen molar-refractivity contribution in [2.24, 2.45) is 0 Å². The normalized spacial score (nSPS) is 10.3. The van der Waals surface area contributed by atoms with Gasteiger partial charge in [-0.15, -0.1) is 5.10 Å². The van der Waals surface area contributed by atoms with E-state index in [2.05, 4.69) is 5.10 Å². The van der Waals surface area contributed by atoms with Crippen LogP contribution in [0.5, 0.6) is 5.88 Å². The number of carboxylic acid groups (broad SMARTS) is 1. The van der Waals surface area contributed by atoms with Crippen molar-refractivity contribution >= 4 is 5.97 Å². The van der Waals surface area contributed by atoms with Gasteiger partial charge in [0.25, 0.3) is 0 Å². The lowest BCUT2D eigenvalue weighted by Gasteiger charge is -2.00. The van der Waals surface area contributed by atoms with E-state index in [0.717, 1.165) is 12.8 Å².